The highest BCUT2D eigenvalue weighted by molar-refractivity contribution is 5.81. The van der Waals surface area contributed by atoms with Crippen LogP contribution in [0.25, 0.3) is 16.8 Å². The first-order valence-electron chi connectivity index (χ1n) is 12.0. The Morgan fingerprint density at radius 3 is 2.22 bits per heavy atom. The number of carboxylic acid groups (broad SMARTS) is 1. The summed E-state index contributed by atoms with van der Waals surface area (Å²) < 4.78 is 12.5. The molecule has 0 aliphatic heterocycles. The van der Waals surface area contributed by atoms with Crippen LogP contribution < -0.4 is 10.1 Å². The van der Waals surface area contributed by atoms with Crippen molar-refractivity contribution >= 4 is 12.1 Å². The zero-order chi connectivity index (χ0) is 25.9. The standard InChI is InChI=1S/C29H27N3O5/c1-18-19(16-30-32(18)20-11-13-21(36-2)14-12-20)15-27(28(33)34)31-29(35)37-17-26-24-9-5-3-7-22(24)23-8-4-6-10-25(23)26/h3-14,16,26-27H,15,17H2,1-2H3,(H,31,35)(H,33,34). The molecule has 1 heterocycles. The number of alkyl carbamates (subject to hydrolysis) is 1. The highest BCUT2D eigenvalue weighted by Crippen LogP contribution is 2.44. The van der Waals surface area contributed by atoms with E-state index in [0.29, 0.717) is 5.56 Å². The van der Waals surface area contributed by atoms with Gasteiger partial charge < -0.3 is 19.9 Å². The lowest BCUT2D eigenvalue weighted by Crippen LogP contribution is -2.43. The molecule has 1 aliphatic carbocycles. The van der Waals surface area contributed by atoms with Crippen molar-refractivity contribution in [3.8, 4) is 22.6 Å². The van der Waals surface area contributed by atoms with Gasteiger partial charge in [-0.2, -0.15) is 5.10 Å². The minimum absolute atomic E-state index is 0.0709. The number of hydrogen-bond donors (Lipinski definition) is 2. The molecule has 0 bridgehead atoms. The topological polar surface area (TPSA) is 103 Å². The molecule has 1 aliphatic rings. The molecule has 2 N–H and O–H groups in total. The molecular formula is C29H27N3O5. The average Bonchev–Trinajstić information content (AvgIpc) is 3.44. The van der Waals surface area contributed by atoms with Crippen LogP contribution >= 0.6 is 0 Å². The fourth-order valence-electron chi connectivity index (χ4n) is 4.83. The van der Waals surface area contributed by atoms with E-state index in [9.17, 15) is 14.7 Å². The van der Waals surface area contributed by atoms with Gasteiger partial charge in [-0.15, -0.1) is 0 Å². The molecule has 0 fully saturated rings. The van der Waals surface area contributed by atoms with Crippen LogP contribution in [0.15, 0.2) is 79.0 Å². The molecule has 0 radical (unpaired) electrons. The third kappa shape index (κ3) is 4.78. The van der Waals surface area contributed by atoms with E-state index in [-0.39, 0.29) is 18.9 Å². The van der Waals surface area contributed by atoms with Crippen LogP contribution in [0.4, 0.5) is 4.79 Å². The predicted octanol–water partition coefficient (Wildman–Crippen LogP) is 4.72. The molecule has 8 nitrogen and oxygen atoms in total. The Morgan fingerprint density at radius 2 is 1.62 bits per heavy atom. The van der Waals surface area contributed by atoms with Gasteiger partial charge in [0.05, 0.1) is 19.0 Å². The van der Waals surface area contributed by atoms with Gasteiger partial charge >= 0.3 is 12.1 Å². The number of hydrogen-bond acceptors (Lipinski definition) is 5. The summed E-state index contributed by atoms with van der Waals surface area (Å²) in [6.45, 7) is 1.97. The number of ether oxygens (including phenoxy) is 2. The van der Waals surface area contributed by atoms with Crippen molar-refractivity contribution in [2.75, 3.05) is 13.7 Å². The number of methoxy groups -OCH3 is 1. The van der Waals surface area contributed by atoms with E-state index >= 15 is 0 Å². The fraction of sp³-hybridized carbons (Fsp3) is 0.207. The van der Waals surface area contributed by atoms with Gasteiger partial charge in [0.25, 0.3) is 0 Å². The first-order chi connectivity index (χ1) is 18.0. The summed E-state index contributed by atoms with van der Waals surface area (Å²) in [5, 5.41) is 16.7. The van der Waals surface area contributed by atoms with Gasteiger partial charge in [-0.25, -0.2) is 14.3 Å². The monoisotopic (exact) mass is 497 g/mol. The largest absolute Gasteiger partial charge is 0.497 e. The lowest BCUT2D eigenvalue weighted by molar-refractivity contribution is -0.139. The number of aromatic nitrogens is 2. The number of fused-ring (bicyclic) bond motifs is 3. The van der Waals surface area contributed by atoms with Crippen molar-refractivity contribution in [2.45, 2.75) is 25.3 Å². The number of benzene rings is 3. The van der Waals surface area contributed by atoms with Crippen molar-refractivity contribution < 1.29 is 24.2 Å². The quantitative estimate of drug-likeness (QED) is 0.365. The molecule has 8 heteroatoms. The van der Waals surface area contributed by atoms with Crippen LogP contribution in [-0.2, 0) is 16.0 Å². The smallest absolute Gasteiger partial charge is 0.407 e. The van der Waals surface area contributed by atoms with Crippen molar-refractivity contribution in [1.82, 2.24) is 15.1 Å². The Labute approximate surface area is 214 Å². The number of carbonyl (C=O) groups is 2. The number of carbonyl (C=O) groups excluding carboxylic acids is 1. The number of rotatable bonds is 8. The van der Waals surface area contributed by atoms with Gasteiger partial charge in [0.15, 0.2) is 0 Å². The molecule has 1 amide bonds. The Bertz CT molecular complexity index is 1400. The number of aliphatic carboxylic acids is 1. The van der Waals surface area contributed by atoms with Gasteiger partial charge in [-0.05, 0) is 59.0 Å². The predicted molar refractivity (Wildman–Crippen MR) is 138 cm³/mol. The summed E-state index contributed by atoms with van der Waals surface area (Å²) >= 11 is 0. The number of nitrogens with one attached hydrogen (secondary N) is 1. The molecule has 5 rings (SSSR count). The first-order valence-corrected chi connectivity index (χ1v) is 12.0. The summed E-state index contributed by atoms with van der Waals surface area (Å²) in [6, 6.07) is 22.3. The molecule has 1 aromatic heterocycles. The highest BCUT2D eigenvalue weighted by atomic mass is 16.5. The van der Waals surface area contributed by atoms with E-state index in [1.54, 1.807) is 18.0 Å². The third-order valence-electron chi connectivity index (χ3n) is 6.79. The van der Waals surface area contributed by atoms with Crippen LogP contribution in [0.3, 0.4) is 0 Å². The van der Waals surface area contributed by atoms with E-state index in [4.69, 9.17) is 9.47 Å². The average molecular weight is 498 g/mol. The summed E-state index contributed by atoms with van der Waals surface area (Å²) in [5.74, 6) is -0.525. The van der Waals surface area contributed by atoms with Crippen LogP contribution in [0.5, 0.6) is 5.75 Å². The van der Waals surface area contributed by atoms with Gasteiger partial charge in [-0.3, -0.25) is 0 Å². The Balaban J connectivity index is 1.25. The van der Waals surface area contributed by atoms with E-state index in [0.717, 1.165) is 39.4 Å². The molecular weight excluding hydrogens is 470 g/mol. The zero-order valence-corrected chi connectivity index (χ0v) is 20.5. The molecule has 3 aromatic carbocycles. The van der Waals surface area contributed by atoms with Crippen LogP contribution in [0, 0.1) is 6.92 Å². The summed E-state index contributed by atoms with van der Waals surface area (Å²) in [6.07, 6.45) is 0.922. The minimum Gasteiger partial charge on any atom is -0.497 e. The Morgan fingerprint density at radius 1 is 1.00 bits per heavy atom. The Hall–Kier alpha value is -4.59. The van der Waals surface area contributed by atoms with Crippen molar-refractivity contribution in [3.05, 3.63) is 101 Å². The lowest BCUT2D eigenvalue weighted by Gasteiger charge is -2.17. The first kappa shape index (κ1) is 24.1. The fourth-order valence-corrected chi connectivity index (χ4v) is 4.83. The molecule has 1 unspecified atom stereocenters. The second kappa shape index (κ2) is 10.2. The van der Waals surface area contributed by atoms with Gasteiger partial charge in [0.1, 0.15) is 18.4 Å². The Kier molecular flexibility index (Phi) is 6.64. The van der Waals surface area contributed by atoms with Crippen LogP contribution in [0.2, 0.25) is 0 Å². The summed E-state index contributed by atoms with van der Waals surface area (Å²) in [5.41, 5.74) is 6.74. The molecule has 0 saturated heterocycles. The van der Waals surface area contributed by atoms with E-state index in [2.05, 4.69) is 22.5 Å². The van der Waals surface area contributed by atoms with Crippen LogP contribution in [-0.4, -0.2) is 46.7 Å². The minimum atomic E-state index is -1.16. The maximum absolute atomic E-state index is 12.7. The SMILES string of the molecule is COc1ccc(-n2ncc(CC(NC(=O)OCC3c4ccccc4-c4ccccc43)C(=O)O)c2C)cc1. The molecule has 37 heavy (non-hydrogen) atoms. The summed E-state index contributed by atoms with van der Waals surface area (Å²) in [4.78, 5) is 24.6. The number of nitrogens with zero attached hydrogens (tertiary/aromatic N) is 2. The number of carboxylic acids is 1. The van der Waals surface area contributed by atoms with E-state index in [1.807, 2.05) is 67.6 Å². The van der Waals surface area contributed by atoms with Crippen LogP contribution in [0.1, 0.15) is 28.3 Å². The molecule has 4 aromatic rings. The van der Waals surface area contributed by atoms with Gasteiger partial charge in [0, 0.05) is 18.0 Å². The van der Waals surface area contributed by atoms with E-state index < -0.39 is 18.1 Å². The van der Waals surface area contributed by atoms with Crippen molar-refractivity contribution in [2.24, 2.45) is 0 Å². The van der Waals surface area contributed by atoms with Crippen molar-refractivity contribution in [3.63, 3.8) is 0 Å². The molecule has 0 saturated carbocycles. The second-order valence-electron chi connectivity index (χ2n) is 8.93. The van der Waals surface area contributed by atoms with Crippen molar-refractivity contribution in [1.29, 1.82) is 0 Å². The maximum atomic E-state index is 12.7. The normalized spacial score (nSPS) is 12.9. The van der Waals surface area contributed by atoms with Gasteiger partial charge in [-0.1, -0.05) is 48.5 Å². The highest BCUT2D eigenvalue weighted by Gasteiger charge is 2.30. The zero-order valence-electron chi connectivity index (χ0n) is 20.5. The van der Waals surface area contributed by atoms with Gasteiger partial charge in [0.2, 0.25) is 0 Å². The molecule has 1 atom stereocenters. The summed E-state index contributed by atoms with van der Waals surface area (Å²) in [7, 11) is 1.60. The second-order valence-corrected chi connectivity index (χ2v) is 8.93. The molecule has 188 valence electrons. The van der Waals surface area contributed by atoms with E-state index in [1.165, 1.54) is 0 Å². The maximum Gasteiger partial charge on any atom is 0.407 e. The molecule has 0 spiro atoms. The lowest BCUT2D eigenvalue weighted by atomic mass is 9.98. The third-order valence-corrected chi connectivity index (χ3v) is 6.79. The number of amides is 1.